The Bertz CT molecular complexity index is 766. The van der Waals surface area contributed by atoms with Gasteiger partial charge in [0.2, 0.25) is 0 Å². The Labute approximate surface area is 149 Å². The molecule has 2 aliphatic rings. The van der Waals surface area contributed by atoms with E-state index in [2.05, 4.69) is 4.90 Å². The van der Waals surface area contributed by atoms with Crippen LogP contribution in [-0.4, -0.2) is 27.7 Å². The predicted octanol–water partition coefficient (Wildman–Crippen LogP) is 4.09. The van der Waals surface area contributed by atoms with E-state index in [9.17, 15) is 4.79 Å². The fourth-order valence-electron chi connectivity index (χ4n) is 2.99. The van der Waals surface area contributed by atoms with Crippen LogP contribution in [-0.2, 0) is 4.79 Å². The summed E-state index contributed by atoms with van der Waals surface area (Å²) < 4.78 is 0. The molecule has 2 aromatic rings. The quantitative estimate of drug-likeness (QED) is 0.753. The van der Waals surface area contributed by atoms with Gasteiger partial charge in [0.15, 0.2) is 5.11 Å². The zero-order chi connectivity index (χ0) is 16.0. The van der Waals surface area contributed by atoms with Crippen molar-refractivity contribution in [3.8, 4) is 0 Å². The smallest absolute Gasteiger partial charge is 0.257 e. The number of anilines is 1. The summed E-state index contributed by atoms with van der Waals surface area (Å²) in [6.45, 7) is 0. The number of thiocarbonyl (C=S) groups is 1. The monoisotopic (exact) mass is 360 g/mol. The molecule has 2 atom stereocenters. The Kier molecular flexibility index (Phi) is 3.79. The van der Waals surface area contributed by atoms with Gasteiger partial charge >= 0.3 is 0 Å². The first-order chi connectivity index (χ1) is 11.2. The van der Waals surface area contributed by atoms with Crippen molar-refractivity contribution in [2.24, 2.45) is 0 Å². The van der Waals surface area contributed by atoms with Crippen LogP contribution < -0.4 is 4.90 Å². The fraction of sp³-hybridized carbons (Fsp3) is 0.176. The van der Waals surface area contributed by atoms with Crippen molar-refractivity contribution < 1.29 is 4.79 Å². The van der Waals surface area contributed by atoms with Gasteiger partial charge in [-0.15, -0.1) is 11.8 Å². The maximum absolute atomic E-state index is 12.8. The van der Waals surface area contributed by atoms with E-state index in [4.69, 9.17) is 23.8 Å². The summed E-state index contributed by atoms with van der Waals surface area (Å²) in [4.78, 5) is 16.5. The maximum atomic E-state index is 12.8. The molecule has 2 heterocycles. The average molecular weight is 361 g/mol. The molecular formula is C17H13ClN2OS2. The maximum Gasteiger partial charge on any atom is 0.257 e. The molecule has 0 saturated carbocycles. The molecule has 0 aliphatic carbocycles. The molecule has 2 unspecified atom stereocenters. The molecule has 2 fully saturated rings. The standard InChI is InChI=1S/C17H13ClN2OS2/c18-12-8-6-11(7-9-12)16-20-14(10-23-16)15(21)19(17(20)22)13-4-2-1-3-5-13/h1-9,14,16H,10H2. The summed E-state index contributed by atoms with van der Waals surface area (Å²) in [6, 6.07) is 17.2. The molecular weight excluding hydrogens is 348 g/mol. The molecule has 6 heteroatoms. The predicted molar refractivity (Wildman–Crippen MR) is 98.8 cm³/mol. The van der Waals surface area contributed by atoms with Gasteiger partial charge in [-0.25, -0.2) is 0 Å². The number of hydrogen-bond donors (Lipinski definition) is 0. The van der Waals surface area contributed by atoms with Crippen LogP contribution in [0.3, 0.4) is 0 Å². The van der Waals surface area contributed by atoms with Crippen LogP contribution in [0.15, 0.2) is 54.6 Å². The number of benzene rings is 2. The number of amides is 1. The molecule has 0 spiro atoms. The Hall–Kier alpha value is -1.56. The van der Waals surface area contributed by atoms with E-state index in [-0.39, 0.29) is 17.3 Å². The second-order valence-corrected chi connectivity index (χ2v) is 7.37. The highest BCUT2D eigenvalue weighted by atomic mass is 35.5. The van der Waals surface area contributed by atoms with Crippen LogP contribution in [0.2, 0.25) is 5.02 Å². The number of halogens is 1. The first kappa shape index (κ1) is 15.0. The highest BCUT2D eigenvalue weighted by molar-refractivity contribution is 7.99. The molecule has 3 nitrogen and oxygen atoms in total. The summed E-state index contributed by atoms with van der Waals surface area (Å²) in [5.74, 6) is 0.806. The number of rotatable bonds is 2. The molecule has 0 bridgehead atoms. The molecule has 2 aromatic carbocycles. The summed E-state index contributed by atoms with van der Waals surface area (Å²) in [6.07, 6.45) is 0. The van der Waals surface area contributed by atoms with Crippen LogP contribution in [0.1, 0.15) is 10.9 Å². The lowest BCUT2D eigenvalue weighted by molar-refractivity contribution is -0.119. The van der Waals surface area contributed by atoms with E-state index < -0.39 is 0 Å². The lowest BCUT2D eigenvalue weighted by Crippen LogP contribution is -2.33. The van der Waals surface area contributed by atoms with Gasteiger partial charge < -0.3 is 4.90 Å². The van der Waals surface area contributed by atoms with Gasteiger partial charge in [0.1, 0.15) is 11.4 Å². The van der Waals surface area contributed by atoms with Gasteiger partial charge in [-0.3, -0.25) is 9.69 Å². The van der Waals surface area contributed by atoms with E-state index in [0.717, 1.165) is 17.0 Å². The second kappa shape index (κ2) is 5.82. The highest BCUT2D eigenvalue weighted by Gasteiger charge is 2.50. The molecule has 0 radical (unpaired) electrons. The Morgan fingerprint density at radius 2 is 1.78 bits per heavy atom. The summed E-state index contributed by atoms with van der Waals surface area (Å²) in [5, 5.41) is 1.35. The van der Waals surface area contributed by atoms with Gasteiger partial charge in [0, 0.05) is 10.8 Å². The van der Waals surface area contributed by atoms with Crippen molar-refractivity contribution in [1.29, 1.82) is 0 Å². The number of para-hydroxylation sites is 1. The van der Waals surface area contributed by atoms with Crippen molar-refractivity contribution in [2.45, 2.75) is 11.4 Å². The molecule has 0 N–H and O–H groups in total. The minimum atomic E-state index is -0.187. The van der Waals surface area contributed by atoms with Crippen LogP contribution in [0.25, 0.3) is 0 Å². The molecule has 1 amide bonds. The lowest BCUT2D eigenvalue weighted by atomic mass is 10.2. The summed E-state index contributed by atoms with van der Waals surface area (Å²) in [7, 11) is 0. The second-order valence-electron chi connectivity index (χ2n) is 5.45. The van der Waals surface area contributed by atoms with Crippen molar-refractivity contribution in [2.75, 3.05) is 10.7 Å². The zero-order valence-electron chi connectivity index (χ0n) is 12.1. The van der Waals surface area contributed by atoms with Gasteiger partial charge in [-0.1, -0.05) is 41.9 Å². The van der Waals surface area contributed by atoms with Crippen molar-refractivity contribution in [3.05, 3.63) is 65.2 Å². The van der Waals surface area contributed by atoms with Crippen LogP contribution in [0, 0.1) is 0 Å². The molecule has 4 rings (SSSR count). The van der Waals surface area contributed by atoms with Crippen molar-refractivity contribution in [3.63, 3.8) is 0 Å². The largest absolute Gasteiger partial charge is 0.319 e. The Morgan fingerprint density at radius 1 is 1.09 bits per heavy atom. The number of nitrogens with zero attached hydrogens (tertiary/aromatic N) is 2. The van der Waals surface area contributed by atoms with Crippen LogP contribution >= 0.6 is 35.6 Å². The molecule has 2 saturated heterocycles. The number of thioether (sulfide) groups is 1. The minimum Gasteiger partial charge on any atom is -0.319 e. The molecule has 23 heavy (non-hydrogen) atoms. The van der Waals surface area contributed by atoms with Crippen LogP contribution in [0.5, 0.6) is 0 Å². The number of carbonyl (C=O) groups is 1. The third-order valence-electron chi connectivity index (χ3n) is 4.09. The SMILES string of the molecule is O=C1C2CSC(c3ccc(Cl)cc3)N2C(=S)N1c1ccccc1. The number of carbonyl (C=O) groups excluding carboxylic acids is 1. The number of fused-ring (bicyclic) bond motifs is 1. The zero-order valence-corrected chi connectivity index (χ0v) is 14.4. The summed E-state index contributed by atoms with van der Waals surface area (Å²) >= 11 is 13.4. The molecule has 2 aliphatic heterocycles. The fourth-order valence-corrected chi connectivity index (χ4v) is 5.03. The van der Waals surface area contributed by atoms with Crippen molar-refractivity contribution >= 4 is 52.3 Å². The third-order valence-corrected chi connectivity index (χ3v) is 6.06. The topological polar surface area (TPSA) is 23.6 Å². The van der Waals surface area contributed by atoms with Gasteiger partial charge in [-0.2, -0.15) is 0 Å². The van der Waals surface area contributed by atoms with Crippen LogP contribution in [0.4, 0.5) is 5.69 Å². The van der Waals surface area contributed by atoms with Gasteiger partial charge in [0.05, 0.1) is 5.69 Å². The van der Waals surface area contributed by atoms with E-state index in [1.807, 2.05) is 54.6 Å². The molecule has 0 aromatic heterocycles. The summed E-state index contributed by atoms with van der Waals surface area (Å²) in [5.41, 5.74) is 1.95. The van der Waals surface area contributed by atoms with Gasteiger partial charge in [-0.05, 0) is 42.0 Å². The highest BCUT2D eigenvalue weighted by Crippen LogP contribution is 2.46. The first-order valence-electron chi connectivity index (χ1n) is 7.25. The average Bonchev–Trinajstić information content (AvgIpc) is 3.10. The van der Waals surface area contributed by atoms with E-state index in [1.165, 1.54) is 0 Å². The number of hydrogen-bond acceptors (Lipinski definition) is 3. The van der Waals surface area contributed by atoms with E-state index in [0.29, 0.717) is 10.1 Å². The van der Waals surface area contributed by atoms with E-state index >= 15 is 0 Å². The Morgan fingerprint density at radius 3 is 2.48 bits per heavy atom. The lowest BCUT2D eigenvalue weighted by Gasteiger charge is -2.25. The Balaban J connectivity index is 1.68. The van der Waals surface area contributed by atoms with Crippen molar-refractivity contribution in [1.82, 2.24) is 4.90 Å². The minimum absolute atomic E-state index is 0.0578. The molecule has 116 valence electrons. The van der Waals surface area contributed by atoms with Gasteiger partial charge in [0.25, 0.3) is 5.91 Å². The first-order valence-corrected chi connectivity index (χ1v) is 9.09. The third kappa shape index (κ3) is 2.43. The normalized spacial score (nSPS) is 23.5. The van der Waals surface area contributed by atoms with E-state index in [1.54, 1.807) is 16.7 Å².